The fourth-order valence-corrected chi connectivity index (χ4v) is 10.5. The van der Waals surface area contributed by atoms with E-state index in [4.69, 9.17) is 9.47 Å². The number of hydrogen-bond donors (Lipinski definition) is 6. The predicted molar refractivity (Wildman–Crippen MR) is 334 cm³/mol. The van der Waals surface area contributed by atoms with Gasteiger partial charge in [-0.2, -0.15) is 0 Å². The first-order valence-corrected chi connectivity index (χ1v) is 28.3. The molecule has 0 aliphatic carbocycles. The fraction of sp³-hybridized carbons (Fsp3) is 0.267. The topological polar surface area (TPSA) is 215 Å². The van der Waals surface area contributed by atoms with Crippen molar-refractivity contribution in [1.29, 1.82) is 0 Å². The van der Waals surface area contributed by atoms with E-state index in [-0.39, 0.29) is 12.1 Å². The number of anilines is 8. The van der Waals surface area contributed by atoms with E-state index in [1.807, 2.05) is 111 Å². The molecule has 2 saturated heterocycles. The first-order chi connectivity index (χ1) is 39.6. The van der Waals surface area contributed by atoms with Gasteiger partial charge in [0.15, 0.2) is 0 Å². The number of nitrogens with one attached hydrogen (secondary N) is 6. The molecule has 4 aromatic carbocycles. The molecular formula is C60H66Br2N16O4. The standard InChI is InChI=1S/2C30H33BrN8O2/c2*1-19-16-21(8-10-27(19)41-28-23(6-5-13-33-28)24-11-14-34-29(32-2)36-24)35-30(40)37-25-17-20(31)7-9-26(25)39(4)22-12-15-38(3)18-22/h2*5-11,13-14,16-17,22H,12,15,18H2,1-4H3,(H,32,34,36)(H2,35,37,40)/t2*22-/m10/s1. The summed E-state index contributed by atoms with van der Waals surface area (Å²) in [7, 11) is 12.0. The molecule has 0 unspecified atom stereocenters. The third-order valence-electron chi connectivity index (χ3n) is 14.1. The van der Waals surface area contributed by atoms with Crippen molar-refractivity contribution in [3.63, 3.8) is 0 Å². The van der Waals surface area contributed by atoms with Crippen molar-refractivity contribution in [2.45, 2.75) is 38.8 Å². The van der Waals surface area contributed by atoms with Gasteiger partial charge in [0.2, 0.25) is 23.7 Å². The number of nitrogens with zero attached hydrogens (tertiary/aromatic N) is 10. The molecule has 6 heterocycles. The van der Waals surface area contributed by atoms with Gasteiger partial charge in [-0.25, -0.2) is 39.5 Å². The summed E-state index contributed by atoms with van der Waals surface area (Å²) in [4.78, 5) is 61.5. The minimum atomic E-state index is -0.328. The number of amides is 4. The minimum Gasteiger partial charge on any atom is -0.438 e. The molecule has 0 saturated carbocycles. The van der Waals surface area contributed by atoms with Crippen molar-refractivity contribution in [3.05, 3.63) is 154 Å². The molecule has 0 radical (unpaired) electrons. The Hall–Kier alpha value is -8.44. The van der Waals surface area contributed by atoms with Gasteiger partial charge in [0.25, 0.3) is 0 Å². The van der Waals surface area contributed by atoms with Crippen LogP contribution in [0.3, 0.4) is 0 Å². The average Bonchev–Trinajstić information content (AvgIpc) is 4.28. The summed E-state index contributed by atoms with van der Waals surface area (Å²) in [6.45, 7) is 7.94. The second-order valence-electron chi connectivity index (χ2n) is 20.0. The van der Waals surface area contributed by atoms with E-state index in [0.29, 0.717) is 70.0 Å². The second kappa shape index (κ2) is 26.9. The van der Waals surface area contributed by atoms with Crippen LogP contribution < -0.4 is 51.2 Å². The average molecular weight is 1240 g/mol. The van der Waals surface area contributed by atoms with Crippen LogP contribution >= 0.6 is 31.9 Å². The van der Waals surface area contributed by atoms with Crippen molar-refractivity contribution in [1.82, 2.24) is 39.7 Å². The number of rotatable bonds is 16. The van der Waals surface area contributed by atoms with E-state index in [0.717, 1.165) is 93.0 Å². The summed E-state index contributed by atoms with van der Waals surface area (Å²) in [6, 6.07) is 34.1. The van der Waals surface area contributed by atoms with E-state index in [2.05, 4.69) is 141 Å². The van der Waals surface area contributed by atoms with Crippen LogP contribution in [0.5, 0.6) is 23.3 Å². The Balaban J connectivity index is 0.000000198. The highest BCUT2D eigenvalue weighted by Crippen LogP contribution is 2.37. The Morgan fingerprint density at radius 2 is 0.976 bits per heavy atom. The molecule has 4 aromatic heterocycles. The van der Waals surface area contributed by atoms with E-state index in [1.165, 1.54) is 0 Å². The Bertz CT molecular complexity index is 3330. The summed E-state index contributed by atoms with van der Waals surface area (Å²) in [5.74, 6) is 3.11. The summed E-state index contributed by atoms with van der Waals surface area (Å²) < 4.78 is 14.2. The second-order valence-corrected chi connectivity index (χ2v) is 21.9. The molecule has 0 bridgehead atoms. The molecular weight excluding hydrogens is 1170 g/mol. The summed E-state index contributed by atoms with van der Waals surface area (Å²) >= 11 is 7.08. The Labute approximate surface area is 494 Å². The number of aryl methyl sites for hydroxylation is 2. The van der Waals surface area contributed by atoms with Gasteiger partial charge in [-0.15, -0.1) is 0 Å². The molecule has 0 spiro atoms. The SMILES string of the molecule is CNc1nccc(-c2cccnc2Oc2ccc(NC(=O)Nc3cc(Br)ccc3N(C)[C@@H]3CCN(C)C3)cc2C)n1.CNc1nccc(-c2cccnc2Oc2ccc(NC(=O)Nc3cc(Br)ccc3N(C)[C@H]3CCN(C)C3)cc2C)n1. The molecule has 82 heavy (non-hydrogen) atoms. The number of aromatic nitrogens is 6. The molecule has 424 valence electrons. The Morgan fingerprint density at radius 1 is 0.549 bits per heavy atom. The van der Waals surface area contributed by atoms with Gasteiger partial charge >= 0.3 is 12.1 Å². The predicted octanol–water partition coefficient (Wildman–Crippen LogP) is 12.5. The Morgan fingerprint density at radius 3 is 1.35 bits per heavy atom. The largest absolute Gasteiger partial charge is 0.438 e. The molecule has 10 rings (SSSR count). The molecule has 4 amide bonds. The van der Waals surface area contributed by atoms with Crippen LogP contribution in [0.25, 0.3) is 22.5 Å². The highest BCUT2D eigenvalue weighted by atomic mass is 79.9. The zero-order chi connectivity index (χ0) is 57.9. The van der Waals surface area contributed by atoms with Gasteiger partial charge in [0.1, 0.15) is 11.5 Å². The Kier molecular flexibility index (Phi) is 19.1. The normalized spacial score (nSPS) is 14.9. The molecule has 22 heteroatoms. The highest BCUT2D eigenvalue weighted by Gasteiger charge is 2.27. The smallest absolute Gasteiger partial charge is 0.323 e. The summed E-state index contributed by atoms with van der Waals surface area (Å²) in [5, 5.41) is 17.9. The lowest BCUT2D eigenvalue weighted by molar-refractivity contribution is 0.261. The lowest BCUT2D eigenvalue weighted by atomic mass is 10.1. The molecule has 2 aliphatic heterocycles. The van der Waals surface area contributed by atoms with Crippen molar-refractivity contribution >= 4 is 89.9 Å². The zero-order valence-corrected chi connectivity index (χ0v) is 50.1. The quantitative estimate of drug-likeness (QED) is 0.0530. The molecule has 6 N–H and O–H groups in total. The van der Waals surface area contributed by atoms with Crippen LogP contribution in [-0.2, 0) is 0 Å². The summed E-state index contributed by atoms with van der Waals surface area (Å²) in [6.07, 6.45) is 8.88. The van der Waals surface area contributed by atoms with Crippen molar-refractivity contribution in [2.75, 3.05) is 110 Å². The minimum absolute atomic E-state index is 0.328. The zero-order valence-electron chi connectivity index (χ0n) is 47.0. The van der Waals surface area contributed by atoms with E-state index in [9.17, 15) is 9.59 Å². The van der Waals surface area contributed by atoms with Crippen LogP contribution in [0.2, 0.25) is 0 Å². The molecule has 2 atom stereocenters. The number of ether oxygens (including phenoxy) is 2. The molecule has 2 fully saturated rings. The van der Waals surface area contributed by atoms with Gasteiger partial charge in [-0.1, -0.05) is 31.9 Å². The van der Waals surface area contributed by atoms with Gasteiger partial charge in [-0.3, -0.25) is 0 Å². The van der Waals surface area contributed by atoms with Gasteiger partial charge in [0.05, 0.1) is 45.3 Å². The maximum atomic E-state index is 13.1. The van der Waals surface area contributed by atoms with Crippen LogP contribution in [0.15, 0.2) is 143 Å². The highest BCUT2D eigenvalue weighted by molar-refractivity contribution is 9.10. The maximum absolute atomic E-state index is 13.1. The van der Waals surface area contributed by atoms with Crippen LogP contribution in [0.4, 0.5) is 55.6 Å². The monoisotopic (exact) mass is 1230 g/mol. The number of halogens is 2. The number of carbonyl (C=O) groups excluding carboxylic acids is 2. The van der Waals surface area contributed by atoms with Crippen LogP contribution in [0.1, 0.15) is 24.0 Å². The number of benzene rings is 4. The maximum Gasteiger partial charge on any atom is 0.323 e. The number of pyridine rings is 2. The molecule has 8 aromatic rings. The van der Waals surface area contributed by atoms with Crippen molar-refractivity contribution in [3.8, 4) is 45.8 Å². The lowest BCUT2D eigenvalue weighted by Gasteiger charge is -2.29. The van der Waals surface area contributed by atoms with Crippen LogP contribution in [-0.4, -0.2) is 132 Å². The number of carbonyl (C=O) groups is 2. The number of likely N-dealkylation sites (tertiary alicyclic amines) is 2. The van der Waals surface area contributed by atoms with Gasteiger partial charge in [-0.05, 0) is 174 Å². The van der Waals surface area contributed by atoms with Gasteiger partial charge < -0.3 is 61.0 Å². The number of hydrogen-bond acceptors (Lipinski definition) is 16. The third-order valence-corrected chi connectivity index (χ3v) is 15.1. The van der Waals surface area contributed by atoms with Gasteiger partial charge in [0, 0.05) is 98.5 Å². The number of likely N-dealkylation sites (N-methyl/N-ethyl adjacent to an activating group) is 4. The fourth-order valence-electron chi connectivity index (χ4n) is 9.73. The van der Waals surface area contributed by atoms with Crippen molar-refractivity contribution < 1.29 is 19.1 Å². The van der Waals surface area contributed by atoms with E-state index < -0.39 is 0 Å². The van der Waals surface area contributed by atoms with Crippen LogP contribution in [0, 0.1) is 13.8 Å². The first kappa shape index (κ1) is 58.2. The molecule has 2 aliphatic rings. The summed E-state index contributed by atoms with van der Waals surface area (Å²) in [5.41, 5.74) is 9.25. The lowest BCUT2D eigenvalue weighted by Crippen LogP contribution is -2.34. The van der Waals surface area contributed by atoms with E-state index >= 15 is 0 Å². The first-order valence-electron chi connectivity index (χ1n) is 26.7. The van der Waals surface area contributed by atoms with E-state index in [1.54, 1.807) is 51.0 Å². The third kappa shape index (κ3) is 14.7. The number of urea groups is 2. The van der Waals surface area contributed by atoms with Crippen molar-refractivity contribution in [2.24, 2.45) is 0 Å². The molecule has 20 nitrogen and oxygen atoms in total.